The van der Waals surface area contributed by atoms with Gasteiger partial charge in [0.25, 0.3) is 0 Å². The van der Waals surface area contributed by atoms with Gasteiger partial charge in [-0.1, -0.05) is 0 Å². The molecule has 130 valence electrons. The maximum Gasteiger partial charge on any atom is 0.229 e. The second kappa shape index (κ2) is 7.85. The van der Waals surface area contributed by atoms with Crippen LogP contribution in [0.15, 0.2) is 41.9 Å². The summed E-state index contributed by atoms with van der Waals surface area (Å²) in [7, 11) is 1.85. The summed E-state index contributed by atoms with van der Waals surface area (Å²) in [6.45, 7) is 4.66. The van der Waals surface area contributed by atoms with Crippen molar-refractivity contribution in [2.24, 2.45) is 12.0 Å². The SMILES string of the molecule is C=NCCNc1nc(Nc2ccc(C#N)nc2)ncc1-c1cnn(C)c1. The second-order valence-corrected chi connectivity index (χ2v) is 5.40. The van der Waals surface area contributed by atoms with Crippen LogP contribution >= 0.6 is 0 Å². The van der Waals surface area contributed by atoms with E-state index in [9.17, 15) is 0 Å². The molecule has 0 aromatic carbocycles. The maximum atomic E-state index is 8.81. The van der Waals surface area contributed by atoms with Gasteiger partial charge in [0.15, 0.2) is 0 Å². The van der Waals surface area contributed by atoms with E-state index in [1.807, 2.05) is 19.3 Å². The van der Waals surface area contributed by atoms with Crippen LogP contribution in [0.1, 0.15) is 5.69 Å². The number of aromatic nitrogens is 5. The summed E-state index contributed by atoms with van der Waals surface area (Å²) in [6, 6.07) is 5.36. The molecule has 0 spiro atoms. The molecule has 0 aliphatic carbocycles. The van der Waals surface area contributed by atoms with Crippen molar-refractivity contribution in [3.63, 3.8) is 0 Å². The number of pyridine rings is 1. The van der Waals surface area contributed by atoms with Gasteiger partial charge in [0, 0.05) is 37.1 Å². The van der Waals surface area contributed by atoms with Gasteiger partial charge in [-0.3, -0.25) is 9.67 Å². The van der Waals surface area contributed by atoms with Crippen LogP contribution in [0.2, 0.25) is 0 Å². The molecule has 9 heteroatoms. The molecule has 9 nitrogen and oxygen atoms in total. The second-order valence-electron chi connectivity index (χ2n) is 5.40. The van der Waals surface area contributed by atoms with Gasteiger partial charge in [0.1, 0.15) is 17.6 Å². The van der Waals surface area contributed by atoms with Crippen molar-refractivity contribution in [1.82, 2.24) is 24.7 Å². The first-order chi connectivity index (χ1) is 12.7. The summed E-state index contributed by atoms with van der Waals surface area (Å²) in [5.41, 5.74) is 2.79. The van der Waals surface area contributed by atoms with Crippen molar-refractivity contribution >= 4 is 24.2 Å². The molecule has 0 aliphatic rings. The lowest BCUT2D eigenvalue weighted by atomic mass is 10.2. The molecule has 0 radical (unpaired) electrons. The van der Waals surface area contributed by atoms with Crippen molar-refractivity contribution in [2.45, 2.75) is 0 Å². The Hall–Kier alpha value is -3.80. The molecule has 26 heavy (non-hydrogen) atoms. The molecule has 0 aliphatic heterocycles. The Morgan fingerprint density at radius 3 is 2.81 bits per heavy atom. The number of nitriles is 1. The molecule has 0 unspecified atom stereocenters. The lowest BCUT2D eigenvalue weighted by molar-refractivity contribution is 0.768. The monoisotopic (exact) mass is 347 g/mol. The fraction of sp³-hybridized carbons (Fsp3) is 0.176. The number of aryl methyl sites for hydroxylation is 1. The summed E-state index contributed by atoms with van der Waals surface area (Å²) in [5, 5.41) is 19.3. The Balaban J connectivity index is 1.87. The average molecular weight is 347 g/mol. The van der Waals surface area contributed by atoms with Gasteiger partial charge in [-0.15, -0.1) is 0 Å². The third-order valence-corrected chi connectivity index (χ3v) is 3.50. The zero-order valence-corrected chi connectivity index (χ0v) is 14.2. The highest BCUT2D eigenvalue weighted by Crippen LogP contribution is 2.26. The van der Waals surface area contributed by atoms with Crippen LogP contribution in [0.5, 0.6) is 0 Å². The van der Waals surface area contributed by atoms with E-state index in [1.165, 1.54) is 0 Å². The Bertz CT molecular complexity index is 938. The van der Waals surface area contributed by atoms with Gasteiger partial charge < -0.3 is 10.6 Å². The highest BCUT2D eigenvalue weighted by Gasteiger charge is 2.11. The molecule has 3 aromatic heterocycles. The van der Waals surface area contributed by atoms with E-state index in [1.54, 1.807) is 35.4 Å². The first-order valence-electron chi connectivity index (χ1n) is 7.85. The van der Waals surface area contributed by atoms with Gasteiger partial charge in [0.05, 0.1) is 24.6 Å². The van der Waals surface area contributed by atoms with E-state index < -0.39 is 0 Å². The van der Waals surface area contributed by atoms with Crippen LogP contribution in [0, 0.1) is 11.3 Å². The molecule has 0 fully saturated rings. The molecule has 0 saturated carbocycles. The first-order valence-corrected chi connectivity index (χ1v) is 7.85. The fourth-order valence-electron chi connectivity index (χ4n) is 2.26. The maximum absolute atomic E-state index is 8.81. The van der Waals surface area contributed by atoms with E-state index in [4.69, 9.17) is 5.26 Å². The molecule has 0 bridgehead atoms. The number of anilines is 3. The van der Waals surface area contributed by atoms with Gasteiger partial charge in [0.2, 0.25) is 5.95 Å². The largest absolute Gasteiger partial charge is 0.368 e. The lowest BCUT2D eigenvalue weighted by Crippen LogP contribution is -2.09. The number of aliphatic imine (C=N–C) groups is 1. The summed E-state index contributed by atoms with van der Waals surface area (Å²) in [6.07, 6.45) is 6.94. The van der Waals surface area contributed by atoms with Crippen molar-refractivity contribution < 1.29 is 0 Å². The highest BCUT2D eigenvalue weighted by molar-refractivity contribution is 5.74. The van der Waals surface area contributed by atoms with Crippen LogP contribution < -0.4 is 10.6 Å². The van der Waals surface area contributed by atoms with E-state index in [2.05, 4.69) is 42.4 Å². The van der Waals surface area contributed by atoms with E-state index in [0.29, 0.717) is 36.2 Å². The Kier molecular flexibility index (Phi) is 5.14. The molecule has 0 saturated heterocycles. The number of hydrogen-bond donors (Lipinski definition) is 2. The zero-order valence-electron chi connectivity index (χ0n) is 14.2. The van der Waals surface area contributed by atoms with Crippen LogP contribution in [0.4, 0.5) is 17.5 Å². The van der Waals surface area contributed by atoms with Crippen molar-refractivity contribution in [3.8, 4) is 17.2 Å². The van der Waals surface area contributed by atoms with E-state index >= 15 is 0 Å². The number of rotatable bonds is 7. The minimum atomic E-state index is 0.350. The minimum absolute atomic E-state index is 0.350. The zero-order chi connectivity index (χ0) is 18.4. The molecular formula is C17H17N9. The third kappa shape index (κ3) is 3.99. The smallest absolute Gasteiger partial charge is 0.229 e. The number of hydrogen-bond acceptors (Lipinski definition) is 8. The predicted molar refractivity (Wildman–Crippen MR) is 99.4 cm³/mol. The van der Waals surface area contributed by atoms with Crippen LogP contribution in [0.3, 0.4) is 0 Å². The van der Waals surface area contributed by atoms with Gasteiger partial charge in [-0.05, 0) is 18.9 Å². The molecule has 2 N–H and O–H groups in total. The van der Waals surface area contributed by atoms with Gasteiger partial charge in [-0.2, -0.15) is 15.3 Å². The third-order valence-electron chi connectivity index (χ3n) is 3.50. The van der Waals surface area contributed by atoms with Crippen LogP contribution in [0.25, 0.3) is 11.1 Å². The Morgan fingerprint density at radius 2 is 2.15 bits per heavy atom. The molecular weight excluding hydrogens is 330 g/mol. The quantitative estimate of drug-likeness (QED) is 0.496. The fourth-order valence-corrected chi connectivity index (χ4v) is 2.26. The van der Waals surface area contributed by atoms with Crippen molar-refractivity contribution in [1.29, 1.82) is 5.26 Å². The Morgan fingerprint density at radius 1 is 1.27 bits per heavy atom. The molecule has 0 atom stereocenters. The normalized spacial score (nSPS) is 10.2. The Labute approximate surface area is 150 Å². The molecule has 0 amide bonds. The first kappa shape index (κ1) is 17.0. The van der Waals surface area contributed by atoms with Crippen molar-refractivity contribution in [3.05, 3.63) is 42.6 Å². The summed E-state index contributed by atoms with van der Waals surface area (Å²) in [4.78, 5) is 16.8. The summed E-state index contributed by atoms with van der Waals surface area (Å²) < 4.78 is 1.72. The summed E-state index contributed by atoms with van der Waals surface area (Å²) >= 11 is 0. The lowest BCUT2D eigenvalue weighted by Gasteiger charge is -2.11. The van der Waals surface area contributed by atoms with E-state index in [0.717, 1.165) is 11.1 Å². The minimum Gasteiger partial charge on any atom is -0.368 e. The van der Waals surface area contributed by atoms with Crippen molar-refractivity contribution in [2.75, 3.05) is 23.7 Å². The van der Waals surface area contributed by atoms with E-state index in [-0.39, 0.29) is 0 Å². The summed E-state index contributed by atoms with van der Waals surface area (Å²) in [5.74, 6) is 1.08. The van der Waals surface area contributed by atoms with Crippen LogP contribution in [-0.2, 0) is 7.05 Å². The topological polar surface area (TPSA) is 117 Å². The standard InChI is InChI=1S/C17H17N9/c1-19-5-6-20-16-15(12-8-23-26(2)11-12)10-22-17(25-16)24-14-4-3-13(7-18)21-9-14/h3-4,8-11H,1,5-6H2,2H3,(H2,20,22,24,25). The highest BCUT2D eigenvalue weighted by atomic mass is 15.2. The molecule has 3 aromatic rings. The van der Waals surface area contributed by atoms with Gasteiger partial charge in [-0.25, -0.2) is 9.97 Å². The van der Waals surface area contributed by atoms with Gasteiger partial charge >= 0.3 is 0 Å². The molecule has 3 rings (SSSR count). The molecule has 3 heterocycles. The number of nitrogens with zero attached hydrogens (tertiary/aromatic N) is 7. The number of nitrogens with one attached hydrogen (secondary N) is 2. The predicted octanol–water partition coefficient (Wildman–Crippen LogP) is 2.00. The van der Waals surface area contributed by atoms with Crippen LogP contribution in [-0.4, -0.2) is 44.5 Å². The average Bonchev–Trinajstić information content (AvgIpc) is 3.09.